The van der Waals surface area contributed by atoms with Crippen molar-refractivity contribution in [2.45, 2.75) is 27.7 Å². The molecule has 0 aliphatic rings. The largest absolute Gasteiger partial charge is 0.510 e. The van der Waals surface area contributed by atoms with Crippen molar-refractivity contribution >= 4 is 16.8 Å². The number of aliphatic hydroxyl groups is 1. The first-order valence-electron chi connectivity index (χ1n) is 3.55. The molecule has 0 aliphatic carbocycles. The fourth-order valence-electron chi connectivity index (χ4n) is 0.706. The van der Waals surface area contributed by atoms with Crippen LogP contribution >= 0.6 is 11.6 Å². The van der Waals surface area contributed by atoms with Crippen molar-refractivity contribution in [1.29, 1.82) is 0 Å². The zero-order chi connectivity index (χ0) is 9.02. The molecule has 0 radical (unpaired) electrons. The number of rotatable bonds is 2. The van der Waals surface area contributed by atoms with E-state index in [0.29, 0.717) is 16.6 Å². The first-order valence-corrected chi connectivity index (χ1v) is 3.93. The summed E-state index contributed by atoms with van der Waals surface area (Å²) in [6.07, 6.45) is 0. The van der Waals surface area contributed by atoms with Crippen LogP contribution in [0, 0.1) is 5.92 Å². The van der Waals surface area contributed by atoms with Crippen LogP contribution in [0.15, 0.2) is 16.4 Å². The minimum Gasteiger partial charge on any atom is -0.510 e. The SMILES string of the molecule is CC(/N=C(\C)Cl)=C(/O)C(C)C. The van der Waals surface area contributed by atoms with Crippen molar-refractivity contribution in [3.63, 3.8) is 0 Å². The first-order chi connectivity index (χ1) is 4.95. The van der Waals surface area contributed by atoms with Gasteiger partial charge in [-0.15, -0.1) is 0 Å². The Morgan fingerprint density at radius 2 is 1.82 bits per heavy atom. The molecule has 0 aromatic heterocycles. The maximum absolute atomic E-state index is 9.36. The lowest BCUT2D eigenvalue weighted by molar-refractivity contribution is 0.344. The molecule has 0 saturated heterocycles. The molecule has 64 valence electrons. The van der Waals surface area contributed by atoms with Gasteiger partial charge in [0.2, 0.25) is 0 Å². The Bertz CT molecular complexity index is 190. The minimum atomic E-state index is 0.106. The van der Waals surface area contributed by atoms with Gasteiger partial charge >= 0.3 is 0 Å². The summed E-state index contributed by atoms with van der Waals surface area (Å²) in [6.45, 7) is 7.22. The quantitative estimate of drug-likeness (QED) is 0.508. The Hall–Kier alpha value is -0.500. The highest BCUT2D eigenvalue weighted by Crippen LogP contribution is 2.12. The van der Waals surface area contributed by atoms with E-state index in [0.717, 1.165) is 0 Å². The van der Waals surface area contributed by atoms with Crippen molar-refractivity contribution in [1.82, 2.24) is 0 Å². The van der Waals surface area contributed by atoms with E-state index < -0.39 is 0 Å². The van der Waals surface area contributed by atoms with Gasteiger partial charge in [0.15, 0.2) is 0 Å². The Balaban J connectivity index is 4.54. The smallest absolute Gasteiger partial charge is 0.116 e. The van der Waals surface area contributed by atoms with E-state index in [4.69, 9.17) is 11.6 Å². The van der Waals surface area contributed by atoms with Crippen LogP contribution in [0.25, 0.3) is 0 Å². The monoisotopic (exact) mass is 175 g/mol. The Morgan fingerprint density at radius 1 is 1.36 bits per heavy atom. The first kappa shape index (κ1) is 10.5. The molecule has 0 fully saturated rings. The van der Waals surface area contributed by atoms with E-state index >= 15 is 0 Å². The Morgan fingerprint density at radius 3 is 2.09 bits per heavy atom. The van der Waals surface area contributed by atoms with Gasteiger partial charge in [0.05, 0.1) is 5.70 Å². The fourth-order valence-corrected chi connectivity index (χ4v) is 0.833. The third-order valence-corrected chi connectivity index (χ3v) is 1.32. The van der Waals surface area contributed by atoms with E-state index in [1.807, 2.05) is 13.8 Å². The van der Waals surface area contributed by atoms with E-state index in [2.05, 4.69) is 4.99 Å². The van der Waals surface area contributed by atoms with Gasteiger partial charge < -0.3 is 5.11 Å². The van der Waals surface area contributed by atoms with Gasteiger partial charge in [-0.2, -0.15) is 0 Å². The lowest BCUT2D eigenvalue weighted by Crippen LogP contribution is -1.95. The van der Waals surface area contributed by atoms with Crippen LogP contribution < -0.4 is 0 Å². The summed E-state index contributed by atoms with van der Waals surface area (Å²) in [6, 6.07) is 0. The summed E-state index contributed by atoms with van der Waals surface area (Å²) in [5.74, 6) is 0.403. The second kappa shape index (κ2) is 4.39. The van der Waals surface area contributed by atoms with Gasteiger partial charge in [-0.05, 0) is 13.8 Å². The van der Waals surface area contributed by atoms with Gasteiger partial charge in [-0.25, -0.2) is 4.99 Å². The summed E-state index contributed by atoms with van der Waals surface area (Å²) >= 11 is 5.53. The van der Waals surface area contributed by atoms with Crippen molar-refractivity contribution in [2.24, 2.45) is 10.9 Å². The molecule has 3 heteroatoms. The van der Waals surface area contributed by atoms with Crippen LogP contribution in [-0.4, -0.2) is 10.3 Å². The second-order valence-electron chi connectivity index (χ2n) is 2.73. The van der Waals surface area contributed by atoms with Gasteiger partial charge in [0, 0.05) is 5.92 Å². The van der Waals surface area contributed by atoms with Gasteiger partial charge in [0.25, 0.3) is 0 Å². The molecule has 0 bridgehead atoms. The molecule has 0 unspecified atom stereocenters. The van der Waals surface area contributed by atoms with Gasteiger partial charge in [-0.1, -0.05) is 25.4 Å². The van der Waals surface area contributed by atoms with E-state index in [1.54, 1.807) is 13.8 Å². The maximum atomic E-state index is 9.36. The molecule has 2 nitrogen and oxygen atoms in total. The molecule has 11 heavy (non-hydrogen) atoms. The zero-order valence-corrected chi connectivity index (χ0v) is 8.11. The zero-order valence-electron chi connectivity index (χ0n) is 7.35. The number of aliphatic imine (C=N–C) groups is 1. The number of aliphatic hydroxyl groups excluding tert-OH is 1. The van der Waals surface area contributed by atoms with E-state index in [1.165, 1.54) is 0 Å². The summed E-state index contributed by atoms with van der Waals surface area (Å²) < 4.78 is 0. The summed E-state index contributed by atoms with van der Waals surface area (Å²) in [5.41, 5.74) is 0.590. The van der Waals surface area contributed by atoms with Crippen molar-refractivity contribution < 1.29 is 5.11 Å². The molecule has 0 saturated carbocycles. The van der Waals surface area contributed by atoms with Crippen LogP contribution in [0.1, 0.15) is 27.7 Å². The molecule has 0 heterocycles. The fraction of sp³-hybridized carbons (Fsp3) is 0.625. The van der Waals surface area contributed by atoms with Gasteiger partial charge in [0.1, 0.15) is 10.9 Å². The van der Waals surface area contributed by atoms with Gasteiger partial charge in [-0.3, -0.25) is 0 Å². The highest BCUT2D eigenvalue weighted by atomic mass is 35.5. The number of halogens is 1. The minimum absolute atomic E-state index is 0.106. The van der Waals surface area contributed by atoms with E-state index in [9.17, 15) is 5.11 Å². The van der Waals surface area contributed by atoms with Crippen LogP contribution in [-0.2, 0) is 0 Å². The molecule has 0 amide bonds. The average Bonchev–Trinajstić information content (AvgIpc) is 1.84. The number of hydrogen-bond donors (Lipinski definition) is 1. The number of hydrogen-bond acceptors (Lipinski definition) is 2. The number of nitrogens with zero attached hydrogens (tertiary/aromatic N) is 1. The number of allylic oxidation sites excluding steroid dienone is 2. The molecule has 0 aromatic carbocycles. The lowest BCUT2D eigenvalue weighted by atomic mass is 10.1. The molecular weight excluding hydrogens is 162 g/mol. The van der Waals surface area contributed by atoms with Crippen LogP contribution in [0.2, 0.25) is 0 Å². The summed E-state index contributed by atoms with van der Waals surface area (Å²) in [7, 11) is 0. The molecule has 0 spiro atoms. The van der Waals surface area contributed by atoms with E-state index in [-0.39, 0.29) is 5.92 Å². The van der Waals surface area contributed by atoms with Crippen LogP contribution in [0.3, 0.4) is 0 Å². The van der Waals surface area contributed by atoms with Crippen LogP contribution in [0.4, 0.5) is 0 Å². The highest BCUT2D eigenvalue weighted by Gasteiger charge is 2.03. The maximum Gasteiger partial charge on any atom is 0.116 e. The Labute approximate surface area is 72.6 Å². The standard InChI is InChI=1S/C8H14ClNO/c1-5(2)8(11)6(3)10-7(4)9/h5,11H,1-4H3/b8-6-,10-7+. The average molecular weight is 176 g/mol. The second-order valence-corrected chi connectivity index (χ2v) is 3.28. The molecule has 0 rings (SSSR count). The Kier molecular flexibility index (Phi) is 4.19. The molecule has 0 aromatic rings. The van der Waals surface area contributed by atoms with Crippen molar-refractivity contribution in [3.8, 4) is 0 Å². The van der Waals surface area contributed by atoms with Crippen molar-refractivity contribution in [2.75, 3.05) is 0 Å². The molecule has 0 atom stereocenters. The third kappa shape index (κ3) is 4.04. The lowest BCUT2D eigenvalue weighted by Gasteiger charge is -2.04. The third-order valence-electron chi connectivity index (χ3n) is 1.24. The molecule has 1 N–H and O–H groups in total. The molecule has 0 aliphatic heterocycles. The summed E-state index contributed by atoms with van der Waals surface area (Å²) in [5, 5.41) is 9.80. The topological polar surface area (TPSA) is 32.6 Å². The van der Waals surface area contributed by atoms with Crippen molar-refractivity contribution in [3.05, 3.63) is 11.5 Å². The molecular formula is C8H14ClNO. The predicted octanol–water partition coefficient (Wildman–Crippen LogP) is 3.09. The van der Waals surface area contributed by atoms with Crippen LogP contribution in [0.5, 0.6) is 0 Å². The summed E-state index contributed by atoms with van der Waals surface area (Å²) in [4.78, 5) is 3.91. The highest BCUT2D eigenvalue weighted by molar-refractivity contribution is 6.64. The normalized spacial score (nSPS) is 15.3. The predicted molar refractivity (Wildman–Crippen MR) is 49.1 cm³/mol.